The second-order valence-electron chi connectivity index (χ2n) is 4.91. The highest BCUT2D eigenvalue weighted by Crippen LogP contribution is 2.40. The van der Waals surface area contributed by atoms with Crippen LogP contribution in [0.1, 0.15) is 12.0 Å². The van der Waals surface area contributed by atoms with E-state index in [2.05, 4.69) is 11.3 Å². The van der Waals surface area contributed by atoms with E-state index in [4.69, 9.17) is 10.5 Å². The van der Waals surface area contributed by atoms with Crippen molar-refractivity contribution in [3.63, 3.8) is 0 Å². The predicted molar refractivity (Wildman–Crippen MR) is 61.9 cm³/mol. The average Bonchev–Trinajstić information content (AvgIpc) is 2.28. The summed E-state index contributed by atoms with van der Waals surface area (Å²) in [5, 5.41) is 0. The van der Waals surface area contributed by atoms with Crippen LogP contribution in [0.2, 0.25) is 0 Å². The Bertz CT molecular complexity index is 451. The summed E-state index contributed by atoms with van der Waals surface area (Å²) in [7, 11) is 2.04. The summed E-state index contributed by atoms with van der Waals surface area (Å²) < 4.78 is 19.0. The molecule has 0 saturated carbocycles. The normalized spacial score (nSPS) is 32.5. The molecule has 1 fully saturated rings. The fourth-order valence-electron chi connectivity index (χ4n) is 2.48. The van der Waals surface area contributed by atoms with E-state index in [1.807, 2.05) is 7.05 Å². The molecule has 90 valence electrons. The van der Waals surface area contributed by atoms with E-state index in [9.17, 15) is 4.39 Å². The molecule has 2 atom stereocenters. The van der Waals surface area contributed by atoms with Gasteiger partial charge in [0.05, 0.1) is 0 Å². The van der Waals surface area contributed by atoms with Crippen LogP contribution in [-0.4, -0.2) is 30.8 Å². The van der Waals surface area contributed by atoms with Crippen LogP contribution in [0, 0.1) is 18.2 Å². The predicted octanol–water partition coefficient (Wildman–Crippen LogP) is 1.25. The van der Waals surface area contributed by atoms with Crippen molar-refractivity contribution in [1.82, 2.24) is 4.90 Å². The highest BCUT2D eigenvalue weighted by atomic mass is 19.1. The third-order valence-electron chi connectivity index (χ3n) is 3.54. The second-order valence-corrected chi connectivity index (χ2v) is 4.91. The maximum Gasteiger partial charge on any atom is 0.164 e. The van der Waals surface area contributed by atoms with Crippen LogP contribution in [0.4, 0.5) is 4.39 Å². The molecule has 2 aliphatic rings. The summed E-state index contributed by atoms with van der Waals surface area (Å²) in [4.78, 5) is 2.19. The van der Waals surface area contributed by atoms with Gasteiger partial charge in [-0.2, -0.15) is 0 Å². The van der Waals surface area contributed by atoms with Gasteiger partial charge in [-0.05, 0) is 25.2 Å². The molecule has 0 aromatic heterocycles. The van der Waals surface area contributed by atoms with Gasteiger partial charge < -0.3 is 9.64 Å². The fourth-order valence-corrected chi connectivity index (χ4v) is 2.48. The van der Waals surface area contributed by atoms with Gasteiger partial charge in [0.2, 0.25) is 0 Å². The molecule has 17 heavy (non-hydrogen) atoms. The maximum atomic E-state index is 13.2. The van der Waals surface area contributed by atoms with E-state index in [1.165, 1.54) is 12.1 Å². The maximum absolute atomic E-state index is 13.2. The van der Waals surface area contributed by atoms with Gasteiger partial charge in [0.15, 0.2) is 5.72 Å². The minimum Gasteiger partial charge on any atom is -0.472 e. The molecule has 2 aliphatic heterocycles. The van der Waals surface area contributed by atoms with Crippen molar-refractivity contribution in [1.29, 1.82) is 0 Å². The van der Waals surface area contributed by atoms with Crippen molar-refractivity contribution in [3.8, 4) is 5.75 Å². The standard InChI is InChI=1S/C13H15FN2O/c1-16-5-4-13(15)10(8-16)6-9-7-11(14)2-3-12(9)17-13/h2-3,7,10H,4-5,8,15H2,1H3. The lowest BCUT2D eigenvalue weighted by atomic mass is 9.81. The number of hydrogen-bond acceptors (Lipinski definition) is 3. The van der Waals surface area contributed by atoms with E-state index in [1.54, 1.807) is 6.07 Å². The van der Waals surface area contributed by atoms with Crippen LogP contribution in [0.3, 0.4) is 0 Å². The van der Waals surface area contributed by atoms with Gasteiger partial charge in [0, 0.05) is 37.4 Å². The van der Waals surface area contributed by atoms with Crippen molar-refractivity contribution in [2.75, 3.05) is 20.1 Å². The van der Waals surface area contributed by atoms with Crippen molar-refractivity contribution in [2.45, 2.75) is 12.1 Å². The van der Waals surface area contributed by atoms with Gasteiger partial charge in [0.1, 0.15) is 11.6 Å². The molecule has 0 aliphatic carbocycles. The van der Waals surface area contributed by atoms with Gasteiger partial charge in [-0.25, -0.2) is 4.39 Å². The second kappa shape index (κ2) is 3.68. The zero-order valence-corrected chi connectivity index (χ0v) is 9.74. The number of ether oxygens (including phenoxy) is 1. The topological polar surface area (TPSA) is 38.5 Å². The number of nitrogens with zero attached hydrogens (tertiary/aromatic N) is 1. The van der Waals surface area contributed by atoms with Gasteiger partial charge >= 0.3 is 0 Å². The van der Waals surface area contributed by atoms with Crippen LogP contribution in [0.25, 0.3) is 0 Å². The molecule has 0 spiro atoms. The third kappa shape index (κ3) is 1.81. The van der Waals surface area contributed by atoms with Crippen LogP contribution < -0.4 is 10.5 Å². The molecule has 3 rings (SSSR count). The summed E-state index contributed by atoms with van der Waals surface area (Å²) in [6.07, 6.45) is 4.04. The molecule has 3 nitrogen and oxygen atoms in total. The number of piperidine rings is 1. The summed E-state index contributed by atoms with van der Waals surface area (Å²) >= 11 is 0. The van der Waals surface area contributed by atoms with Crippen molar-refractivity contribution >= 4 is 0 Å². The zero-order chi connectivity index (χ0) is 12.0. The number of rotatable bonds is 0. The van der Waals surface area contributed by atoms with E-state index in [-0.39, 0.29) is 11.7 Å². The summed E-state index contributed by atoms with van der Waals surface area (Å²) in [6, 6.07) is 4.46. The Kier molecular flexibility index (Phi) is 2.38. The minimum absolute atomic E-state index is 0.00412. The highest BCUT2D eigenvalue weighted by Gasteiger charge is 2.45. The number of fused-ring (bicyclic) bond motifs is 2. The molecule has 2 radical (unpaired) electrons. The Hall–Kier alpha value is -1.13. The average molecular weight is 234 g/mol. The lowest BCUT2D eigenvalue weighted by molar-refractivity contribution is -0.0357. The molecule has 1 saturated heterocycles. The number of benzene rings is 1. The van der Waals surface area contributed by atoms with Gasteiger partial charge in [0.25, 0.3) is 0 Å². The molecule has 1 aromatic rings. The molecule has 0 amide bonds. The first-order valence-corrected chi connectivity index (χ1v) is 5.79. The SMILES string of the molecule is CN1CCC2(N)Oc3ccc(F)cc3[C]C2C1. The quantitative estimate of drug-likeness (QED) is 0.734. The van der Waals surface area contributed by atoms with Crippen molar-refractivity contribution < 1.29 is 9.13 Å². The molecule has 2 heterocycles. The monoisotopic (exact) mass is 234 g/mol. The van der Waals surface area contributed by atoms with Gasteiger partial charge in [-0.15, -0.1) is 0 Å². The molecular weight excluding hydrogens is 219 g/mol. The molecule has 1 aromatic carbocycles. The van der Waals surface area contributed by atoms with Crippen LogP contribution in [0.5, 0.6) is 5.75 Å². The van der Waals surface area contributed by atoms with E-state index >= 15 is 0 Å². The Balaban J connectivity index is 1.95. The zero-order valence-electron chi connectivity index (χ0n) is 9.74. The van der Waals surface area contributed by atoms with E-state index in [0.29, 0.717) is 11.3 Å². The van der Waals surface area contributed by atoms with Crippen molar-refractivity contribution in [3.05, 3.63) is 36.0 Å². The molecular formula is C13H15FN2O. The van der Waals surface area contributed by atoms with Crippen LogP contribution >= 0.6 is 0 Å². The third-order valence-corrected chi connectivity index (χ3v) is 3.54. The number of hydrogen-bond donors (Lipinski definition) is 1. The Labute approximate surface area is 100 Å². The first-order valence-electron chi connectivity index (χ1n) is 5.79. The van der Waals surface area contributed by atoms with E-state index < -0.39 is 5.72 Å². The summed E-state index contributed by atoms with van der Waals surface area (Å²) in [5.41, 5.74) is 6.28. The lowest BCUT2D eigenvalue weighted by Gasteiger charge is -2.47. The first-order chi connectivity index (χ1) is 8.07. The minimum atomic E-state index is -0.683. The summed E-state index contributed by atoms with van der Waals surface area (Å²) in [5.74, 6) is 0.360. The van der Waals surface area contributed by atoms with E-state index in [0.717, 1.165) is 19.5 Å². The molecule has 2 unspecified atom stereocenters. The summed E-state index contributed by atoms with van der Waals surface area (Å²) in [6.45, 7) is 1.71. The van der Waals surface area contributed by atoms with Gasteiger partial charge in [-0.3, -0.25) is 5.73 Å². The lowest BCUT2D eigenvalue weighted by Crippen LogP contribution is -2.61. The largest absolute Gasteiger partial charge is 0.472 e. The number of halogens is 1. The van der Waals surface area contributed by atoms with Gasteiger partial charge in [-0.1, -0.05) is 0 Å². The first kappa shape index (κ1) is 11.0. The Morgan fingerprint density at radius 1 is 1.59 bits per heavy atom. The number of likely N-dealkylation sites (tertiary alicyclic amines) is 1. The molecule has 0 bridgehead atoms. The smallest absolute Gasteiger partial charge is 0.164 e. The van der Waals surface area contributed by atoms with Crippen LogP contribution in [0.15, 0.2) is 18.2 Å². The number of nitrogens with two attached hydrogens (primary N) is 1. The molecule has 2 N–H and O–H groups in total. The highest BCUT2D eigenvalue weighted by molar-refractivity contribution is 5.43. The fraction of sp³-hybridized carbons (Fsp3) is 0.462. The van der Waals surface area contributed by atoms with Crippen molar-refractivity contribution in [2.24, 2.45) is 11.7 Å². The Morgan fingerprint density at radius 3 is 3.24 bits per heavy atom. The van der Waals surface area contributed by atoms with Crippen LogP contribution in [-0.2, 0) is 0 Å². The Morgan fingerprint density at radius 2 is 2.41 bits per heavy atom. The molecule has 4 heteroatoms.